The summed E-state index contributed by atoms with van der Waals surface area (Å²) in [5.74, 6) is 1.35. The highest BCUT2D eigenvalue weighted by Gasteiger charge is 2.13. The summed E-state index contributed by atoms with van der Waals surface area (Å²) in [4.78, 5) is 21.9. The Labute approximate surface area is 168 Å². The van der Waals surface area contributed by atoms with Gasteiger partial charge in [-0.3, -0.25) is 9.69 Å². The van der Waals surface area contributed by atoms with Crippen molar-refractivity contribution in [3.05, 3.63) is 58.4 Å². The molecule has 3 aromatic rings. The first-order valence-corrected chi connectivity index (χ1v) is 9.30. The summed E-state index contributed by atoms with van der Waals surface area (Å²) in [6.45, 7) is 4.01. The maximum absolute atomic E-state index is 13.6. The average Bonchev–Trinajstić information content (AvgIpc) is 2.73. The number of rotatable bonds is 9. The summed E-state index contributed by atoms with van der Waals surface area (Å²) in [7, 11) is 3.05. The molecule has 0 spiro atoms. The first-order valence-electron chi connectivity index (χ1n) is 9.30. The van der Waals surface area contributed by atoms with Gasteiger partial charge < -0.3 is 19.2 Å². The molecule has 1 N–H and O–H groups in total. The van der Waals surface area contributed by atoms with Crippen molar-refractivity contribution >= 4 is 10.9 Å². The predicted octanol–water partition coefficient (Wildman–Crippen LogP) is 2.98. The molecule has 0 saturated carbocycles. The van der Waals surface area contributed by atoms with Crippen LogP contribution in [0.4, 0.5) is 4.39 Å². The third-order valence-corrected chi connectivity index (χ3v) is 4.58. The van der Waals surface area contributed by atoms with E-state index in [2.05, 4.69) is 9.97 Å². The second-order valence-corrected chi connectivity index (χ2v) is 6.38. The van der Waals surface area contributed by atoms with E-state index in [-0.39, 0.29) is 17.1 Å². The maximum Gasteiger partial charge on any atom is 0.258 e. The van der Waals surface area contributed by atoms with Crippen molar-refractivity contribution in [2.75, 3.05) is 33.9 Å². The van der Waals surface area contributed by atoms with Crippen LogP contribution in [0.15, 0.2) is 41.2 Å². The molecule has 8 heteroatoms. The van der Waals surface area contributed by atoms with Gasteiger partial charge in [-0.05, 0) is 24.7 Å². The molecule has 1 aromatic heterocycles. The van der Waals surface area contributed by atoms with Gasteiger partial charge in [0.2, 0.25) is 0 Å². The number of hydrogen-bond donors (Lipinski definition) is 1. The van der Waals surface area contributed by atoms with Crippen molar-refractivity contribution in [3.63, 3.8) is 0 Å². The molecule has 2 aromatic carbocycles. The fraction of sp³-hybridized carbons (Fsp3) is 0.333. The molecule has 0 radical (unpaired) electrons. The second kappa shape index (κ2) is 9.38. The van der Waals surface area contributed by atoms with Gasteiger partial charge >= 0.3 is 0 Å². The first kappa shape index (κ1) is 20.6. The largest absolute Gasteiger partial charge is 0.493 e. The third-order valence-electron chi connectivity index (χ3n) is 4.58. The SMILES string of the molecule is CCN(CCOc1ccccc1F)Cc1nc2cc(OC)c(OC)cc2c(=O)[nH]1. The molecule has 29 heavy (non-hydrogen) atoms. The van der Waals surface area contributed by atoms with Gasteiger partial charge in [0, 0.05) is 12.6 Å². The van der Waals surface area contributed by atoms with Gasteiger partial charge in [-0.1, -0.05) is 19.1 Å². The van der Waals surface area contributed by atoms with Crippen molar-refractivity contribution in [3.8, 4) is 17.2 Å². The molecule has 0 unspecified atom stereocenters. The molecule has 0 aliphatic heterocycles. The topological polar surface area (TPSA) is 76.7 Å². The summed E-state index contributed by atoms with van der Waals surface area (Å²) >= 11 is 0. The molecular weight excluding hydrogens is 377 g/mol. The normalized spacial score (nSPS) is 11.1. The molecule has 0 fully saturated rings. The van der Waals surface area contributed by atoms with Crippen LogP contribution < -0.4 is 19.8 Å². The van der Waals surface area contributed by atoms with Crippen molar-refractivity contribution in [1.82, 2.24) is 14.9 Å². The summed E-state index contributed by atoms with van der Waals surface area (Å²) in [5, 5.41) is 0.428. The lowest BCUT2D eigenvalue weighted by molar-refractivity contribution is 0.202. The number of benzene rings is 2. The van der Waals surface area contributed by atoms with Crippen molar-refractivity contribution in [2.24, 2.45) is 0 Å². The average molecular weight is 401 g/mol. The number of hydrogen-bond acceptors (Lipinski definition) is 6. The van der Waals surface area contributed by atoms with Gasteiger partial charge in [-0.25, -0.2) is 9.37 Å². The molecular formula is C21H24FN3O4. The van der Waals surface area contributed by atoms with Crippen LogP contribution in [0.5, 0.6) is 17.2 Å². The second-order valence-electron chi connectivity index (χ2n) is 6.38. The summed E-state index contributed by atoms with van der Waals surface area (Å²) in [5.41, 5.74) is 0.282. The number of methoxy groups -OCH3 is 2. The fourth-order valence-corrected chi connectivity index (χ4v) is 3.00. The van der Waals surface area contributed by atoms with Crippen LogP contribution in [0, 0.1) is 5.82 Å². The van der Waals surface area contributed by atoms with E-state index in [0.29, 0.717) is 54.5 Å². The number of para-hydroxylation sites is 1. The molecule has 154 valence electrons. The predicted molar refractivity (Wildman–Crippen MR) is 108 cm³/mol. The summed E-state index contributed by atoms with van der Waals surface area (Å²) in [6, 6.07) is 9.60. The highest BCUT2D eigenvalue weighted by atomic mass is 19.1. The molecule has 0 aliphatic rings. The zero-order valence-corrected chi connectivity index (χ0v) is 16.7. The van der Waals surface area contributed by atoms with Gasteiger partial charge in [-0.15, -0.1) is 0 Å². The Hall–Kier alpha value is -3.13. The minimum absolute atomic E-state index is 0.224. The molecule has 0 amide bonds. The maximum atomic E-state index is 13.6. The van der Waals surface area contributed by atoms with E-state index in [0.717, 1.165) is 0 Å². The van der Waals surface area contributed by atoms with Gasteiger partial charge in [-0.2, -0.15) is 0 Å². The van der Waals surface area contributed by atoms with Crippen LogP contribution in [0.2, 0.25) is 0 Å². The van der Waals surface area contributed by atoms with Crippen LogP contribution in [0.3, 0.4) is 0 Å². The third kappa shape index (κ3) is 4.83. The number of likely N-dealkylation sites (N-methyl/N-ethyl adjacent to an activating group) is 1. The van der Waals surface area contributed by atoms with E-state index in [9.17, 15) is 9.18 Å². The lowest BCUT2D eigenvalue weighted by Crippen LogP contribution is -2.29. The lowest BCUT2D eigenvalue weighted by Gasteiger charge is -2.20. The van der Waals surface area contributed by atoms with E-state index in [1.165, 1.54) is 20.3 Å². The monoisotopic (exact) mass is 401 g/mol. The number of aromatic nitrogens is 2. The minimum Gasteiger partial charge on any atom is -0.493 e. The van der Waals surface area contributed by atoms with Crippen LogP contribution in [0.1, 0.15) is 12.7 Å². The van der Waals surface area contributed by atoms with Crippen molar-refractivity contribution < 1.29 is 18.6 Å². The summed E-state index contributed by atoms with van der Waals surface area (Å²) in [6.07, 6.45) is 0. The van der Waals surface area contributed by atoms with Crippen molar-refractivity contribution in [1.29, 1.82) is 0 Å². The van der Waals surface area contributed by atoms with E-state index in [4.69, 9.17) is 14.2 Å². The van der Waals surface area contributed by atoms with Gasteiger partial charge in [0.1, 0.15) is 12.4 Å². The summed E-state index contributed by atoms with van der Waals surface area (Å²) < 4.78 is 29.7. The Bertz CT molecular complexity index is 1040. The molecule has 7 nitrogen and oxygen atoms in total. The van der Waals surface area contributed by atoms with Crippen LogP contribution in [0.25, 0.3) is 10.9 Å². The van der Waals surface area contributed by atoms with Crippen LogP contribution >= 0.6 is 0 Å². The molecule has 0 atom stereocenters. The van der Waals surface area contributed by atoms with E-state index >= 15 is 0 Å². The van der Waals surface area contributed by atoms with Crippen LogP contribution in [-0.2, 0) is 6.54 Å². The highest BCUT2D eigenvalue weighted by Crippen LogP contribution is 2.29. The molecule has 3 rings (SSSR count). The van der Waals surface area contributed by atoms with Crippen LogP contribution in [-0.4, -0.2) is 48.8 Å². The van der Waals surface area contributed by atoms with E-state index < -0.39 is 0 Å². The smallest absolute Gasteiger partial charge is 0.258 e. The standard InChI is InChI=1S/C21H24FN3O4/c1-4-25(9-10-29-17-8-6-5-7-15(17)22)13-20-23-16-12-19(28-3)18(27-2)11-14(16)21(26)24-20/h5-8,11-12H,4,9-10,13H2,1-3H3,(H,23,24,26). The van der Waals surface area contributed by atoms with E-state index in [1.807, 2.05) is 11.8 Å². The number of halogens is 1. The number of aromatic amines is 1. The molecule has 0 bridgehead atoms. The van der Waals surface area contributed by atoms with Gasteiger partial charge in [0.05, 0.1) is 31.7 Å². The Balaban J connectivity index is 1.73. The highest BCUT2D eigenvalue weighted by molar-refractivity contribution is 5.81. The number of nitrogens with zero attached hydrogens (tertiary/aromatic N) is 2. The Morgan fingerprint density at radius 1 is 1.10 bits per heavy atom. The number of H-pyrrole nitrogens is 1. The Morgan fingerprint density at radius 2 is 1.83 bits per heavy atom. The number of nitrogens with one attached hydrogen (secondary N) is 1. The molecule has 0 aliphatic carbocycles. The minimum atomic E-state index is -0.388. The quantitative estimate of drug-likeness (QED) is 0.594. The zero-order valence-electron chi connectivity index (χ0n) is 16.7. The number of fused-ring (bicyclic) bond motifs is 1. The van der Waals surface area contributed by atoms with Gasteiger partial charge in [0.15, 0.2) is 23.1 Å². The van der Waals surface area contributed by atoms with E-state index in [1.54, 1.807) is 30.3 Å². The Kier molecular flexibility index (Phi) is 6.66. The fourth-order valence-electron chi connectivity index (χ4n) is 3.00. The Morgan fingerprint density at radius 3 is 2.52 bits per heavy atom. The lowest BCUT2D eigenvalue weighted by atomic mass is 10.2. The molecule has 0 saturated heterocycles. The molecule has 1 heterocycles. The number of ether oxygens (including phenoxy) is 3. The van der Waals surface area contributed by atoms with Gasteiger partial charge in [0.25, 0.3) is 5.56 Å². The first-order chi connectivity index (χ1) is 14.0. The zero-order chi connectivity index (χ0) is 20.8. The van der Waals surface area contributed by atoms with Crippen molar-refractivity contribution in [2.45, 2.75) is 13.5 Å².